The molecule has 1 aliphatic carbocycles. The summed E-state index contributed by atoms with van der Waals surface area (Å²) >= 11 is 2.08. The van der Waals surface area contributed by atoms with Crippen LogP contribution in [0.2, 0.25) is 0 Å². The van der Waals surface area contributed by atoms with E-state index in [0.29, 0.717) is 18.1 Å². The molecule has 3 atom stereocenters. The molecule has 0 spiro atoms. The number of thioether (sulfide) groups is 1. The molecule has 3 fully saturated rings. The zero-order valence-corrected chi connectivity index (χ0v) is 14.3. The Morgan fingerprint density at radius 1 is 1.29 bits per heavy atom. The number of aliphatic imine (C=N–C) groups is 1. The van der Waals surface area contributed by atoms with Crippen molar-refractivity contribution in [2.24, 2.45) is 22.2 Å². The third-order valence-electron chi connectivity index (χ3n) is 5.52. The maximum absolute atomic E-state index is 5.87. The second kappa shape index (κ2) is 6.37. The Bertz CT molecular complexity index is 393. The van der Waals surface area contributed by atoms with Gasteiger partial charge in [-0.1, -0.05) is 13.8 Å². The molecule has 120 valence electrons. The lowest BCUT2D eigenvalue weighted by atomic mass is 9.57. The molecule has 4 nitrogen and oxygen atoms in total. The second-order valence-electron chi connectivity index (χ2n) is 7.20. The van der Waals surface area contributed by atoms with E-state index in [9.17, 15) is 0 Å². The highest BCUT2D eigenvalue weighted by molar-refractivity contribution is 7.99. The monoisotopic (exact) mass is 311 g/mol. The third-order valence-corrected chi connectivity index (χ3v) is 6.56. The van der Waals surface area contributed by atoms with Crippen LogP contribution >= 0.6 is 11.8 Å². The zero-order chi connectivity index (χ0) is 14.9. The van der Waals surface area contributed by atoms with Gasteiger partial charge < -0.3 is 15.4 Å². The first-order valence-corrected chi connectivity index (χ1v) is 9.45. The predicted molar refractivity (Wildman–Crippen MR) is 90.0 cm³/mol. The maximum Gasteiger partial charge on any atom is 0.191 e. The van der Waals surface area contributed by atoms with Crippen molar-refractivity contribution in [1.29, 1.82) is 0 Å². The quantitative estimate of drug-likeness (QED) is 0.619. The number of fused-ring (bicyclic) bond motifs is 1. The molecule has 21 heavy (non-hydrogen) atoms. The third kappa shape index (κ3) is 3.04. The molecule has 0 bridgehead atoms. The molecule has 3 aliphatic rings. The summed E-state index contributed by atoms with van der Waals surface area (Å²) in [4.78, 5) is 4.42. The Morgan fingerprint density at radius 3 is 2.76 bits per heavy atom. The van der Waals surface area contributed by atoms with Gasteiger partial charge in [0.2, 0.25) is 0 Å². The number of rotatable bonds is 3. The van der Waals surface area contributed by atoms with Gasteiger partial charge in [-0.25, -0.2) is 0 Å². The first-order valence-electron chi connectivity index (χ1n) is 8.29. The highest BCUT2D eigenvalue weighted by Gasteiger charge is 2.59. The van der Waals surface area contributed by atoms with Crippen molar-refractivity contribution in [2.45, 2.75) is 45.3 Å². The van der Waals surface area contributed by atoms with Gasteiger partial charge in [-0.15, -0.1) is 0 Å². The molecular formula is C16H29N3OS. The average Bonchev–Trinajstić information content (AvgIpc) is 2.95. The van der Waals surface area contributed by atoms with Gasteiger partial charge in [0, 0.05) is 37.6 Å². The Kier molecular flexibility index (Phi) is 4.69. The topological polar surface area (TPSA) is 45.7 Å². The molecule has 0 aromatic heterocycles. The Morgan fingerprint density at radius 2 is 2.05 bits per heavy atom. The summed E-state index contributed by atoms with van der Waals surface area (Å²) < 4.78 is 5.87. The van der Waals surface area contributed by atoms with Gasteiger partial charge in [0.25, 0.3) is 0 Å². The molecule has 2 N–H and O–H groups in total. The summed E-state index contributed by atoms with van der Waals surface area (Å²) in [6.07, 6.45) is 4.29. The van der Waals surface area contributed by atoms with Crippen molar-refractivity contribution in [3.63, 3.8) is 0 Å². The summed E-state index contributed by atoms with van der Waals surface area (Å²) in [5.41, 5.74) is 0.209. The minimum atomic E-state index is 0.209. The standard InChI is InChI=1S/C16H29N3OS/c1-16(2)13(12-4-7-20-14(12)16)19-15(17-3)18-10-11-5-8-21-9-6-11/h11-14H,4-10H2,1-3H3,(H2,17,18,19). The van der Waals surface area contributed by atoms with E-state index in [1.807, 2.05) is 7.05 Å². The lowest BCUT2D eigenvalue weighted by Gasteiger charge is -2.55. The Hall–Kier alpha value is -0.420. The van der Waals surface area contributed by atoms with Crippen LogP contribution in [0, 0.1) is 17.3 Å². The minimum Gasteiger partial charge on any atom is -0.377 e. The Labute approximate surface area is 132 Å². The molecule has 2 aliphatic heterocycles. The summed E-state index contributed by atoms with van der Waals surface area (Å²) in [5.74, 6) is 5.06. The lowest BCUT2D eigenvalue weighted by molar-refractivity contribution is -0.106. The van der Waals surface area contributed by atoms with Crippen molar-refractivity contribution in [1.82, 2.24) is 10.6 Å². The summed E-state index contributed by atoms with van der Waals surface area (Å²) in [6, 6.07) is 0.484. The number of hydrogen-bond donors (Lipinski definition) is 2. The molecular weight excluding hydrogens is 282 g/mol. The summed E-state index contributed by atoms with van der Waals surface area (Å²) in [6.45, 7) is 6.59. The van der Waals surface area contributed by atoms with Crippen LogP contribution in [0.5, 0.6) is 0 Å². The van der Waals surface area contributed by atoms with Gasteiger partial charge in [-0.2, -0.15) is 11.8 Å². The molecule has 3 rings (SSSR count). The van der Waals surface area contributed by atoms with Crippen molar-refractivity contribution in [2.75, 3.05) is 31.7 Å². The van der Waals surface area contributed by atoms with E-state index in [0.717, 1.165) is 25.0 Å². The zero-order valence-electron chi connectivity index (χ0n) is 13.5. The van der Waals surface area contributed by atoms with Gasteiger partial charge in [-0.3, -0.25) is 4.99 Å². The highest BCUT2D eigenvalue weighted by atomic mass is 32.2. The average molecular weight is 311 g/mol. The molecule has 0 aromatic carbocycles. The fraction of sp³-hybridized carbons (Fsp3) is 0.938. The van der Waals surface area contributed by atoms with E-state index in [2.05, 4.69) is 41.2 Å². The fourth-order valence-electron chi connectivity index (χ4n) is 4.15. The van der Waals surface area contributed by atoms with Crippen LogP contribution in [0.4, 0.5) is 0 Å². The van der Waals surface area contributed by atoms with E-state index in [-0.39, 0.29) is 5.41 Å². The van der Waals surface area contributed by atoms with Crippen molar-refractivity contribution >= 4 is 17.7 Å². The van der Waals surface area contributed by atoms with Gasteiger partial charge in [0.1, 0.15) is 0 Å². The van der Waals surface area contributed by atoms with E-state index < -0.39 is 0 Å². The smallest absolute Gasteiger partial charge is 0.191 e. The second-order valence-corrected chi connectivity index (χ2v) is 8.42. The normalized spacial score (nSPS) is 36.0. The molecule has 1 saturated carbocycles. The van der Waals surface area contributed by atoms with Crippen LogP contribution in [-0.4, -0.2) is 49.8 Å². The SMILES string of the molecule is CN=C(NCC1CCSCC1)NC1C2CCOC2C1(C)C. The number of nitrogens with zero attached hydrogens (tertiary/aromatic N) is 1. The van der Waals surface area contributed by atoms with E-state index in [1.54, 1.807) is 0 Å². The van der Waals surface area contributed by atoms with Crippen LogP contribution in [0.25, 0.3) is 0 Å². The first kappa shape index (κ1) is 15.5. The highest BCUT2D eigenvalue weighted by Crippen LogP contribution is 2.52. The summed E-state index contributed by atoms with van der Waals surface area (Å²) in [5, 5.41) is 7.20. The molecule has 3 unspecified atom stereocenters. The van der Waals surface area contributed by atoms with Crippen molar-refractivity contribution in [3.05, 3.63) is 0 Å². The molecule has 2 saturated heterocycles. The molecule has 0 aromatic rings. The summed E-state index contributed by atoms with van der Waals surface area (Å²) in [7, 11) is 1.88. The molecule has 0 radical (unpaired) electrons. The van der Waals surface area contributed by atoms with Gasteiger partial charge in [0.05, 0.1) is 6.10 Å². The maximum atomic E-state index is 5.87. The number of hydrogen-bond acceptors (Lipinski definition) is 3. The molecule has 0 amide bonds. The van der Waals surface area contributed by atoms with E-state index in [1.165, 1.54) is 30.8 Å². The van der Waals surface area contributed by atoms with Gasteiger partial charge in [0.15, 0.2) is 5.96 Å². The predicted octanol–water partition coefficient (Wildman–Crippen LogP) is 2.11. The van der Waals surface area contributed by atoms with Crippen LogP contribution in [0.1, 0.15) is 33.1 Å². The molecule has 2 heterocycles. The largest absolute Gasteiger partial charge is 0.377 e. The lowest BCUT2D eigenvalue weighted by Crippen LogP contribution is -2.68. The van der Waals surface area contributed by atoms with Crippen LogP contribution in [0.3, 0.4) is 0 Å². The number of nitrogens with one attached hydrogen (secondary N) is 2. The van der Waals surface area contributed by atoms with Crippen molar-refractivity contribution < 1.29 is 4.74 Å². The van der Waals surface area contributed by atoms with Crippen LogP contribution < -0.4 is 10.6 Å². The van der Waals surface area contributed by atoms with E-state index >= 15 is 0 Å². The molecule has 5 heteroatoms. The Balaban J connectivity index is 1.50. The van der Waals surface area contributed by atoms with Crippen LogP contribution in [0.15, 0.2) is 4.99 Å². The van der Waals surface area contributed by atoms with Gasteiger partial charge in [-0.05, 0) is 36.7 Å². The fourth-order valence-corrected chi connectivity index (χ4v) is 5.35. The van der Waals surface area contributed by atoms with Crippen molar-refractivity contribution in [3.8, 4) is 0 Å². The first-order chi connectivity index (χ1) is 10.1. The number of guanidine groups is 1. The number of ether oxygens (including phenoxy) is 1. The van der Waals surface area contributed by atoms with Gasteiger partial charge >= 0.3 is 0 Å². The van der Waals surface area contributed by atoms with Crippen LogP contribution in [-0.2, 0) is 4.74 Å². The minimum absolute atomic E-state index is 0.209. The van der Waals surface area contributed by atoms with E-state index in [4.69, 9.17) is 4.74 Å².